The monoisotopic (exact) mass is 890 g/mol. The van der Waals surface area contributed by atoms with E-state index in [0.29, 0.717) is 25.9 Å². The normalized spacial score (nSPS) is 12.8. The van der Waals surface area contributed by atoms with E-state index in [1.54, 1.807) is 14.2 Å². The Morgan fingerprint density at radius 2 is 1.20 bits per heavy atom. The van der Waals surface area contributed by atoms with Crippen LogP contribution in [0.4, 0.5) is 0 Å². The molecular weight excluding hydrogens is 849 g/mol. The van der Waals surface area contributed by atoms with Crippen molar-refractivity contribution in [1.29, 1.82) is 0 Å². The summed E-state index contributed by atoms with van der Waals surface area (Å²) in [4.78, 5) is 29.8. The molecule has 2 rings (SSSR count). The zero-order valence-electron chi connectivity index (χ0n) is 24.2. The van der Waals surface area contributed by atoms with Crippen molar-refractivity contribution >= 4 is 79.6 Å². The van der Waals surface area contributed by atoms with Gasteiger partial charge in [0.2, 0.25) is 11.8 Å². The van der Waals surface area contributed by atoms with Crippen LogP contribution >= 0.6 is 67.8 Å². The Balaban J connectivity index is 1.75. The van der Waals surface area contributed by atoms with Gasteiger partial charge in [-0.15, -0.1) is 0 Å². The number of likely N-dealkylation sites (N-methyl/N-ethyl adjacent to an activating group) is 2. The maximum atomic E-state index is 13.0. The number of carbonyl (C=O) groups is 2. The molecule has 0 aliphatic rings. The molecule has 0 radical (unpaired) electrons. The Labute approximate surface area is 280 Å². The highest BCUT2D eigenvalue weighted by Crippen LogP contribution is 2.29. The predicted octanol–water partition coefficient (Wildman–Crippen LogP) is 4.57. The SMILES string of the molecule is COc1ccc(CC(C(=O)NCCCCCNC(=O)C(Cc2cc(I)c(OC)c(I)c2)N(C)C)N(C)C)cc1I. The van der Waals surface area contributed by atoms with E-state index in [-0.39, 0.29) is 23.9 Å². The maximum Gasteiger partial charge on any atom is 0.237 e. The van der Waals surface area contributed by atoms with Gasteiger partial charge in [0.15, 0.2) is 0 Å². The molecule has 2 aromatic carbocycles. The summed E-state index contributed by atoms with van der Waals surface area (Å²) in [6.07, 6.45) is 3.91. The van der Waals surface area contributed by atoms with Crippen LogP contribution in [0.15, 0.2) is 30.3 Å². The average Bonchev–Trinajstić information content (AvgIpc) is 2.89. The Morgan fingerprint density at radius 1 is 0.725 bits per heavy atom. The molecule has 0 aliphatic carbocycles. The zero-order valence-corrected chi connectivity index (χ0v) is 30.6. The topological polar surface area (TPSA) is 83.1 Å². The van der Waals surface area contributed by atoms with Crippen LogP contribution in [-0.2, 0) is 22.4 Å². The lowest BCUT2D eigenvalue weighted by molar-refractivity contribution is -0.126. The second-order valence-electron chi connectivity index (χ2n) is 10.1. The van der Waals surface area contributed by atoms with Crippen LogP contribution in [0, 0.1) is 10.7 Å². The number of nitrogens with one attached hydrogen (secondary N) is 2. The van der Waals surface area contributed by atoms with E-state index in [1.165, 1.54) is 0 Å². The van der Waals surface area contributed by atoms with Crippen molar-refractivity contribution in [3.63, 3.8) is 0 Å². The van der Waals surface area contributed by atoms with Crippen molar-refractivity contribution < 1.29 is 19.1 Å². The number of methoxy groups -OCH3 is 2. The van der Waals surface area contributed by atoms with Crippen molar-refractivity contribution in [2.24, 2.45) is 0 Å². The second-order valence-corrected chi connectivity index (χ2v) is 13.6. The van der Waals surface area contributed by atoms with E-state index >= 15 is 0 Å². The fraction of sp³-hybridized carbons (Fsp3) is 0.517. The highest BCUT2D eigenvalue weighted by molar-refractivity contribution is 14.1. The number of amides is 2. The molecule has 2 atom stereocenters. The molecule has 40 heavy (non-hydrogen) atoms. The number of rotatable bonds is 16. The van der Waals surface area contributed by atoms with Crippen molar-refractivity contribution in [3.05, 3.63) is 52.2 Å². The van der Waals surface area contributed by atoms with Gasteiger partial charge in [-0.1, -0.05) is 6.07 Å². The van der Waals surface area contributed by atoms with E-state index in [9.17, 15) is 9.59 Å². The summed E-state index contributed by atoms with van der Waals surface area (Å²) in [5.74, 6) is 1.77. The van der Waals surface area contributed by atoms with Crippen LogP contribution in [0.1, 0.15) is 30.4 Å². The fourth-order valence-electron chi connectivity index (χ4n) is 4.31. The third-order valence-electron chi connectivity index (χ3n) is 6.64. The number of ether oxygens (including phenoxy) is 2. The van der Waals surface area contributed by atoms with Crippen molar-refractivity contribution in [2.45, 2.75) is 44.2 Å². The van der Waals surface area contributed by atoms with Gasteiger partial charge in [0.1, 0.15) is 11.5 Å². The molecule has 2 aromatic rings. The predicted molar refractivity (Wildman–Crippen MR) is 186 cm³/mol. The number of benzene rings is 2. The summed E-state index contributed by atoms with van der Waals surface area (Å²) in [5, 5.41) is 6.18. The quantitative estimate of drug-likeness (QED) is 0.190. The first-order valence-corrected chi connectivity index (χ1v) is 16.4. The van der Waals surface area contributed by atoms with Crippen molar-refractivity contribution in [1.82, 2.24) is 20.4 Å². The summed E-state index contributed by atoms with van der Waals surface area (Å²) >= 11 is 6.80. The minimum atomic E-state index is -0.253. The van der Waals surface area contributed by atoms with E-state index in [0.717, 1.165) is 52.6 Å². The zero-order chi connectivity index (χ0) is 29.8. The second kappa shape index (κ2) is 17.9. The lowest BCUT2D eigenvalue weighted by Gasteiger charge is -2.24. The Hall–Kier alpha value is -0.910. The molecule has 0 fully saturated rings. The minimum Gasteiger partial charge on any atom is -0.496 e. The van der Waals surface area contributed by atoms with Gasteiger partial charge >= 0.3 is 0 Å². The molecule has 0 spiro atoms. The Kier molecular flexibility index (Phi) is 15.8. The van der Waals surface area contributed by atoms with E-state index < -0.39 is 0 Å². The lowest BCUT2D eigenvalue weighted by Crippen LogP contribution is -2.45. The number of halogens is 3. The number of nitrogens with zero attached hydrogens (tertiary/aromatic N) is 2. The van der Waals surface area contributed by atoms with E-state index in [4.69, 9.17) is 9.47 Å². The molecule has 2 amide bonds. The summed E-state index contributed by atoms with van der Waals surface area (Å²) in [6.45, 7) is 1.23. The molecule has 0 saturated heterocycles. The van der Waals surface area contributed by atoms with Gasteiger partial charge in [0.05, 0.1) is 37.0 Å². The van der Waals surface area contributed by atoms with Crippen LogP contribution in [0.5, 0.6) is 11.5 Å². The molecule has 0 bridgehead atoms. The fourth-order valence-corrected chi connectivity index (χ4v) is 7.45. The first kappa shape index (κ1) is 35.3. The summed E-state index contributed by atoms with van der Waals surface area (Å²) in [7, 11) is 11.1. The summed E-state index contributed by atoms with van der Waals surface area (Å²) < 4.78 is 13.9. The molecule has 11 heteroatoms. The van der Waals surface area contributed by atoms with Crippen LogP contribution in [0.3, 0.4) is 0 Å². The first-order valence-electron chi connectivity index (χ1n) is 13.2. The number of unbranched alkanes of at least 4 members (excludes halogenated alkanes) is 2. The molecule has 2 N–H and O–H groups in total. The standard InChI is InChI=1S/C29H41I3N4O4/c1-35(2)24(17-19-10-11-26(39-5)21(30)14-19)28(37)33-12-8-7-9-13-34-29(38)25(36(3)4)18-20-15-22(31)27(40-6)23(32)16-20/h10-11,14-16,24-25H,7-9,12-13,17-18H2,1-6H3,(H,33,37)(H,34,38). The maximum absolute atomic E-state index is 13.0. The Bertz CT molecular complexity index is 1110. The Morgan fingerprint density at radius 3 is 1.62 bits per heavy atom. The third-order valence-corrected chi connectivity index (χ3v) is 9.09. The average molecular weight is 890 g/mol. The molecule has 0 heterocycles. The smallest absolute Gasteiger partial charge is 0.237 e. The van der Waals surface area contributed by atoms with Gasteiger partial charge in [-0.25, -0.2) is 0 Å². The van der Waals surface area contributed by atoms with Crippen LogP contribution in [0.25, 0.3) is 0 Å². The minimum absolute atomic E-state index is 0.0285. The highest BCUT2D eigenvalue weighted by atomic mass is 127. The molecule has 0 aromatic heterocycles. The van der Waals surface area contributed by atoms with E-state index in [1.807, 2.05) is 50.1 Å². The largest absolute Gasteiger partial charge is 0.496 e. The van der Waals surface area contributed by atoms with Crippen molar-refractivity contribution in [2.75, 3.05) is 55.5 Å². The number of hydrogen-bond donors (Lipinski definition) is 2. The third kappa shape index (κ3) is 11.1. The highest BCUT2D eigenvalue weighted by Gasteiger charge is 2.23. The van der Waals surface area contributed by atoms with Gasteiger partial charge in [-0.2, -0.15) is 0 Å². The summed E-state index contributed by atoms with van der Waals surface area (Å²) in [6, 6.07) is 9.69. The van der Waals surface area contributed by atoms with Gasteiger partial charge in [-0.05, 0) is 163 Å². The van der Waals surface area contributed by atoms with Crippen LogP contribution < -0.4 is 20.1 Å². The van der Waals surface area contributed by atoms with Crippen molar-refractivity contribution in [3.8, 4) is 11.5 Å². The van der Waals surface area contributed by atoms with Gasteiger partial charge < -0.3 is 20.1 Å². The molecule has 2 unspecified atom stereocenters. The van der Waals surface area contributed by atoms with Gasteiger partial charge in [0, 0.05) is 13.1 Å². The molecule has 8 nitrogen and oxygen atoms in total. The number of carbonyl (C=O) groups excluding carboxylic acids is 2. The molecular formula is C29H41I3N4O4. The first-order chi connectivity index (χ1) is 19.0. The van der Waals surface area contributed by atoms with Gasteiger partial charge in [-0.3, -0.25) is 19.4 Å². The molecule has 0 aliphatic heterocycles. The molecule has 0 saturated carbocycles. The summed E-state index contributed by atoms with van der Waals surface area (Å²) in [5.41, 5.74) is 2.21. The number of hydrogen-bond acceptors (Lipinski definition) is 6. The van der Waals surface area contributed by atoms with Gasteiger partial charge in [0.25, 0.3) is 0 Å². The molecule has 222 valence electrons. The van der Waals surface area contributed by atoms with Crippen LogP contribution in [-0.4, -0.2) is 89.2 Å². The van der Waals surface area contributed by atoms with E-state index in [2.05, 4.69) is 96.6 Å². The lowest BCUT2D eigenvalue weighted by atomic mass is 10.0. The van der Waals surface area contributed by atoms with Crippen LogP contribution in [0.2, 0.25) is 0 Å².